The Balaban J connectivity index is 2.52. The fraction of sp³-hybridized carbons (Fsp3) is 0. The molecule has 0 radical (unpaired) electrons. The number of hydrogen-bond acceptors (Lipinski definition) is 3. The van der Waals surface area contributed by atoms with Gasteiger partial charge in [-0.05, 0) is 12.1 Å². The van der Waals surface area contributed by atoms with E-state index in [0.29, 0.717) is 10.7 Å². The molecule has 0 N–H and O–H groups in total. The highest BCUT2D eigenvalue weighted by molar-refractivity contribution is 7.80. The molecule has 3 rings (SSSR count). The van der Waals surface area contributed by atoms with Gasteiger partial charge in [0.2, 0.25) is 0 Å². The molecule has 0 aliphatic carbocycles. The van der Waals surface area contributed by atoms with Crippen LogP contribution in [0.25, 0.3) is 20.2 Å². The number of nitrogens with zero attached hydrogens (tertiary/aromatic N) is 1. The van der Waals surface area contributed by atoms with Gasteiger partial charge in [-0.2, -0.15) is 0 Å². The van der Waals surface area contributed by atoms with E-state index in [9.17, 15) is 0 Å². The molecule has 0 amide bonds. The molecular formula is C13H7Cl2NS2. The Kier molecular flexibility index (Phi) is 3.24. The van der Waals surface area contributed by atoms with Crippen LogP contribution in [-0.4, -0.2) is 5.67 Å². The van der Waals surface area contributed by atoms with Crippen molar-refractivity contribution >= 4 is 78.7 Å². The van der Waals surface area contributed by atoms with Crippen molar-refractivity contribution in [1.29, 1.82) is 0 Å². The van der Waals surface area contributed by atoms with Crippen molar-refractivity contribution in [2.75, 3.05) is 0 Å². The van der Waals surface area contributed by atoms with Crippen LogP contribution in [-0.2, 0) is 0 Å². The molecular weight excluding hydrogens is 305 g/mol. The summed E-state index contributed by atoms with van der Waals surface area (Å²) in [7, 11) is 0. The average Bonchev–Trinajstić information content (AvgIpc) is 2.72. The molecule has 0 saturated carbocycles. The summed E-state index contributed by atoms with van der Waals surface area (Å²) in [5.41, 5.74) is 1.83. The van der Waals surface area contributed by atoms with E-state index in [2.05, 4.69) is 29.8 Å². The van der Waals surface area contributed by atoms with E-state index in [-0.39, 0.29) is 0 Å². The second-order valence-corrected chi connectivity index (χ2v) is 5.89. The standard InChI is InChI=1S/C13H7Cl2NS2/c14-6-16-12-8(15)5-10-11(13(12)17)7-3-1-2-4-9(7)18-10/h1-6,17H. The number of hydrogen-bond donors (Lipinski definition) is 1. The fourth-order valence-electron chi connectivity index (χ4n) is 2.00. The van der Waals surface area contributed by atoms with Crippen molar-refractivity contribution < 1.29 is 0 Å². The van der Waals surface area contributed by atoms with Crippen LogP contribution in [0.1, 0.15) is 0 Å². The second kappa shape index (κ2) is 4.74. The molecule has 2 aromatic carbocycles. The molecule has 90 valence electrons. The fourth-order valence-corrected chi connectivity index (χ4v) is 4.13. The largest absolute Gasteiger partial charge is 0.242 e. The Hall–Kier alpha value is -0.740. The highest BCUT2D eigenvalue weighted by Gasteiger charge is 2.13. The van der Waals surface area contributed by atoms with Gasteiger partial charge in [-0.3, -0.25) is 0 Å². The van der Waals surface area contributed by atoms with Crippen LogP contribution >= 0.6 is 47.2 Å². The molecule has 1 heterocycles. The molecule has 18 heavy (non-hydrogen) atoms. The first-order chi connectivity index (χ1) is 8.72. The molecule has 3 aromatic rings. The Morgan fingerprint density at radius 2 is 2.00 bits per heavy atom. The van der Waals surface area contributed by atoms with Crippen LogP contribution in [0.4, 0.5) is 5.69 Å². The first kappa shape index (κ1) is 12.3. The zero-order valence-electron chi connectivity index (χ0n) is 9.02. The number of thiol groups is 1. The minimum absolute atomic E-state index is 0.566. The topological polar surface area (TPSA) is 12.4 Å². The minimum atomic E-state index is 0.566. The van der Waals surface area contributed by atoms with E-state index in [4.69, 9.17) is 23.2 Å². The lowest BCUT2D eigenvalue weighted by Crippen LogP contribution is -1.75. The first-order valence-corrected chi connectivity index (χ1v) is 7.25. The van der Waals surface area contributed by atoms with E-state index in [1.54, 1.807) is 11.3 Å². The summed E-state index contributed by atoms with van der Waals surface area (Å²) in [6.07, 6.45) is 0. The quantitative estimate of drug-likeness (QED) is 0.424. The predicted molar refractivity (Wildman–Crippen MR) is 85.6 cm³/mol. The number of fused-ring (bicyclic) bond motifs is 3. The van der Waals surface area contributed by atoms with Gasteiger partial charge in [0.15, 0.2) is 0 Å². The van der Waals surface area contributed by atoms with Crippen molar-refractivity contribution in [3.63, 3.8) is 0 Å². The van der Waals surface area contributed by atoms with Crippen LogP contribution in [0.3, 0.4) is 0 Å². The molecule has 0 bridgehead atoms. The first-order valence-electron chi connectivity index (χ1n) is 5.18. The molecule has 1 nitrogen and oxygen atoms in total. The highest BCUT2D eigenvalue weighted by Crippen LogP contribution is 2.44. The Morgan fingerprint density at radius 1 is 1.22 bits per heavy atom. The Bertz CT molecular complexity index is 777. The number of thiophene rings is 1. The normalized spacial score (nSPS) is 11.9. The van der Waals surface area contributed by atoms with Gasteiger partial charge in [-0.1, -0.05) is 41.4 Å². The van der Waals surface area contributed by atoms with E-state index in [1.165, 1.54) is 15.8 Å². The Morgan fingerprint density at radius 3 is 2.78 bits per heavy atom. The van der Waals surface area contributed by atoms with E-state index >= 15 is 0 Å². The van der Waals surface area contributed by atoms with Gasteiger partial charge in [0.1, 0.15) is 0 Å². The van der Waals surface area contributed by atoms with E-state index < -0.39 is 0 Å². The second-order valence-electron chi connectivity index (χ2n) is 3.75. The lowest BCUT2D eigenvalue weighted by molar-refractivity contribution is 1.46. The monoisotopic (exact) mass is 311 g/mol. The molecule has 0 unspecified atom stereocenters. The van der Waals surface area contributed by atoms with E-state index in [1.807, 2.05) is 18.2 Å². The lowest BCUT2D eigenvalue weighted by Gasteiger charge is -2.04. The molecule has 0 saturated heterocycles. The van der Waals surface area contributed by atoms with Crippen molar-refractivity contribution in [2.45, 2.75) is 4.90 Å². The maximum atomic E-state index is 6.20. The molecule has 0 atom stereocenters. The summed E-state index contributed by atoms with van der Waals surface area (Å²) in [5, 5.41) is 2.82. The van der Waals surface area contributed by atoms with Gasteiger partial charge >= 0.3 is 0 Å². The molecule has 0 aliphatic heterocycles. The summed E-state index contributed by atoms with van der Waals surface area (Å²) in [6, 6.07) is 10.1. The third kappa shape index (κ3) is 1.82. The van der Waals surface area contributed by atoms with Crippen molar-refractivity contribution in [2.24, 2.45) is 4.99 Å². The zero-order valence-corrected chi connectivity index (χ0v) is 12.2. The smallest absolute Gasteiger partial charge is 0.0966 e. The summed E-state index contributed by atoms with van der Waals surface area (Å²) in [4.78, 5) is 4.85. The van der Waals surface area contributed by atoms with E-state index in [0.717, 1.165) is 15.0 Å². The summed E-state index contributed by atoms with van der Waals surface area (Å²) < 4.78 is 2.32. The SMILES string of the molecule is Sc1c(N=CCl)c(Cl)cc2sc3ccccc3c12. The Labute approximate surface area is 123 Å². The van der Waals surface area contributed by atoms with Gasteiger partial charge in [0, 0.05) is 25.1 Å². The van der Waals surface area contributed by atoms with Crippen LogP contribution in [0.2, 0.25) is 5.02 Å². The third-order valence-electron chi connectivity index (χ3n) is 2.75. The summed E-state index contributed by atoms with van der Waals surface area (Å²) in [6.45, 7) is 0. The number of halogens is 2. The summed E-state index contributed by atoms with van der Waals surface area (Å²) >= 11 is 18.0. The molecule has 0 spiro atoms. The number of aliphatic imine (C=N–C) groups is 1. The van der Waals surface area contributed by atoms with Crippen LogP contribution < -0.4 is 0 Å². The molecule has 0 aliphatic rings. The number of rotatable bonds is 1. The predicted octanol–water partition coefficient (Wildman–Crippen LogP) is 5.90. The van der Waals surface area contributed by atoms with Crippen LogP contribution in [0.5, 0.6) is 0 Å². The van der Waals surface area contributed by atoms with Gasteiger partial charge in [-0.25, -0.2) is 4.99 Å². The van der Waals surface area contributed by atoms with Crippen molar-refractivity contribution in [3.8, 4) is 0 Å². The maximum absolute atomic E-state index is 6.20. The number of benzene rings is 2. The van der Waals surface area contributed by atoms with Gasteiger partial charge in [0.05, 0.1) is 16.4 Å². The minimum Gasteiger partial charge on any atom is -0.242 e. The average molecular weight is 312 g/mol. The third-order valence-corrected chi connectivity index (χ3v) is 4.68. The van der Waals surface area contributed by atoms with Crippen LogP contribution in [0, 0.1) is 0 Å². The lowest BCUT2D eigenvalue weighted by atomic mass is 10.1. The maximum Gasteiger partial charge on any atom is 0.0966 e. The van der Waals surface area contributed by atoms with Gasteiger partial charge in [-0.15, -0.1) is 24.0 Å². The molecule has 1 aromatic heterocycles. The zero-order chi connectivity index (χ0) is 12.7. The molecule has 0 fully saturated rings. The van der Waals surface area contributed by atoms with Gasteiger partial charge in [0.25, 0.3) is 0 Å². The molecule has 5 heteroatoms. The van der Waals surface area contributed by atoms with Gasteiger partial charge < -0.3 is 0 Å². The van der Waals surface area contributed by atoms with Crippen LogP contribution in [0.15, 0.2) is 40.2 Å². The highest BCUT2D eigenvalue weighted by atomic mass is 35.5. The van der Waals surface area contributed by atoms with Crippen molar-refractivity contribution in [1.82, 2.24) is 0 Å². The summed E-state index contributed by atoms with van der Waals surface area (Å²) in [5.74, 6) is 0. The van der Waals surface area contributed by atoms with Crippen molar-refractivity contribution in [3.05, 3.63) is 35.4 Å².